The van der Waals surface area contributed by atoms with Crippen molar-refractivity contribution in [2.45, 2.75) is 26.5 Å². The first-order chi connectivity index (χ1) is 9.61. The summed E-state index contributed by atoms with van der Waals surface area (Å²) in [6.07, 6.45) is 0.252. The number of aromatic nitrogens is 1. The monoisotopic (exact) mass is 273 g/mol. The van der Waals surface area contributed by atoms with Crippen molar-refractivity contribution in [3.63, 3.8) is 0 Å². The van der Waals surface area contributed by atoms with E-state index in [1.54, 1.807) is 0 Å². The number of hydrogen-bond acceptors (Lipinski definition) is 4. The normalized spacial score (nSPS) is 11.2. The third kappa shape index (κ3) is 3.46. The molecule has 0 amide bonds. The van der Waals surface area contributed by atoms with E-state index >= 15 is 0 Å². The van der Waals surface area contributed by atoms with Gasteiger partial charge in [-0.15, -0.1) is 0 Å². The van der Waals surface area contributed by atoms with Gasteiger partial charge in [-0.3, -0.25) is 0 Å². The molecule has 0 aliphatic rings. The number of hydrogen-bond donors (Lipinski definition) is 1. The van der Waals surface area contributed by atoms with Gasteiger partial charge in [0, 0.05) is 31.1 Å². The van der Waals surface area contributed by atoms with Gasteiger partial charge in [0.05, 0.1) is 18.2 Å². The van der Waals surface area contributed by atoms with Crippen LogP contribution in [0.3, 0.4) is 0 Å². The molecule has 20 heavy (non-hydrogen) atoms. The van der Waals surface area contributed by atoms with Gasteiger partial charge in [-0.05, 0) is 26.0 Å². The van der Waals surface area contributed by atoms with E-state index in [1.165, 1.54) is 0 Å². The zero-order valence-electron chi connectivity index (χ0n) is 12.5. The Morgan fingerprint density at radius 1 is 1.30 bits per heavy atom. The van der Waals surface area contributed by atoms with E-state index in [9.17, 15) is 0 Å². The molecule has 4 heteroatoms. The van der Waals surface area contributed by atoms with Crippen LogP contribution in [0.2, 0.25) is 0 Å². The van der Waals surface area contributed by atoms with E-state index in [2.05, 4.69) is 17.0 Å². The minimum Gasteiger partial charge on any atom is -0.377 e. The van der Waals surface area contributed by atoms with E-state index in [1.807, 2.05) is 39.1 Å². The summed E-state index contributed by atoms with van der Waals surface area (Å²) < 4.78 is 5.59. The molecule has 0 aliphatic carbocycles. The fourth-order valence-electron chi connectivity index (χ4n) is 2.16. The average Bonchev–Trinajstić information content (AvgIpc) is 2.45. The summed E-state index contributed by atoms with van der Waals surface area (Å²) in [5.74, 6) is 0.943. The van der Waals surface area contributed by atoms with Crippen LogP contribution in [-0.4, -0.2) is 31.3 Å². The number of ether oxygens (including phenoxy) is 1. The lowest BCUT2D eigenvalue weighted by atomic mass is 10.1. The topological polar surface area (TPSA) is 51.4 Å². The SMILES string of the molecule is CC(C)OCCN(C)c1nc2ccccc2cc1CN. The molecule has 0 spiro atoms. The van der Waals surface area contributed by atoms with E-state index < -0.39 is 0 Å². The van der Waals surface area contributed by atoms with Crippen LogP contribution in [0.1, 0.15) is 19.4 Å². The summed E-state index contributed by atoms with van der Waals surface area (Å²) in [4.78, 5) is 6.84. The average molecular weight is 273 g/mol. The number of pyridine rings is 1. The number of benzene rings is 1. The van der Waals surface area contributed by atoms with Crippen molar-refractivity contribution in [3.05, 3.63) is 35.9 Å². The molecule has 2 aromatic rings. The van der Waals surface area contributed by atoms with Gasteiger partial charge in [-0.25, -0.2) is 4.98 Å². The fraction of sp³-hybridized carbons (Fsp3) is 0.438. The van der Waals surface area contributed by atoms with E-state index in [0.717, 1.165) is 28.8 Å². The maximum absolute atomic E-state index is 5.86. The minimum absolute atomic E-state index is 0.252. The molecule has 1 aromatic carbocycles. The summed E-state index contributed by atoms with van der Waals surface area (Å²) >= 11 is 0. The second kappa shape index (κ2) is 6.68. The zero-order chi connectivity index (χ0) is 14.5. The Kier molecular flexibility index (Phi) is 4.93. The Labute approximate surface area is 120 Å². The van der Waals surface area contributed by atoms with E-state index in [-0.39, 0.29) is 6.10 Å². The highest BCUT2D eigenvalue weighted by molar-refractivity contribution is 5.81. The van der Waals surface area contributed by atoms with Crippen LogP contribution < -0.4 is 10.6 Å². The predicted octanol–water partition coefficient (Wildman–Crippen LogP) is 2.55. The molecule has 1 aromatic heterocycles. The number of nitrogens with zero attached hydrogens (tertiary/aromatic N) is 2. The Morgan fingerprint density at radius 3 is 2.75 bits per heavy atom. The Balaban J connectivity index is 2.22. The van der Waals surface area contributed by atoms with Gasteiger partial charge in [-0.1, -0.05) is 18.2 Å². The maximum atomic E-state index is 5.86. The predicted molar refractivity (Wildman–Crippen MR) is 84.0 cm³/mol. The molecule has 0 radical (unpaired) electrons. The highest BCUT2D eigenvalue weighted by Gasteiger charge is 2.10. The standard InChI is InChI=1S/C16H23N3O/c1-12(2)20-9-8-19(3)16-14(11-17)10-13-6-4-5-7-15(13)18-16/h4-7,10,12H,8-9,11,17H2,1-3H3. The molecule has 2 rings (SSSR count). The van der Waals surface area contributed by atoms with Crippen molar-refractivity contribution in [2.24, 2.45) is 5.73 Å². The number of anilines is 1. The van der Waals surface area contributed by atoms with Gasteiger partial charge in [-0.2, -0.15) is 0 Å². The van der Waals surface area contributed by atoms with Crippen LogP contribution in [0, 0.1) is 0 Å². The summed E-state index contributed by atoms with van der Waals surface area (Å²) in [5.41, 5.74) is 7.92. The molecule has 0 unspecified atom stereocenters. The van der Waals surface area contributed by atoms with Gasteiger partial charge < -0.3 is 15.4 Å². The number of fused-ring (bicyclic) bond motifs is 1. The van der Waals surface area contributed by atoms with Crippen LogP contribution in [0.5, 0.6) is 0 Å². The molecular weight excluding hydrogens is 250 g/mol. The first-order valence-electron chi connectivity index (χ1n) is 7.03. The van der Waals surface area contributed by atoms with Gasteiger partial charge in [0.2, 0.25) is 0 Å². The molecule has 0 bridgehead atoms. The zero-order valence-corrected chi connectivity index (χ0v) is 12.5. The second-order valence-electron chi connectivity index (χ2n) is 5.21. The number of rotatable bonds is 6. The lowest BCUT2D eigenvalue weighted by Crippen LogP contribution is -2.26. The molecule has 108 valence electrons. The third-order valence-electron chi connectivity index (χ3n) is 3.24. The molecule has 0 atom stereocenters. The summed E-state index contributed by atoms with van der Waals surface area (Å²) in [6, 6.07) is 10.2. The van der Waals surface area contributed by atoms with Crippen molar-refractivity contribution in [3.8, 4) is 0 Å². The molecule has 0 fully saturated rings. The van der Waals surface area contributed by atoms with Crippen LogP contribution in [-0.2, 0) is 11.3 Å². The summed E-state index contributed by atoms with van der Waals surface area (Å²) in [7, 11) is 2.03. The summed E-state index contributed by atoms with van der Waals surface area (Å²) in [5, 5.41) is 1.13. The number of likely N-dealkylation sites (N-methyl/N-ethyl adjacent to an activating group) is 1. The van der Waals surface area contributed by atoms with Crippen molar-refractivity contribution >= 4 is 16.7 Å². The first kappa shape index (κ1) is 14.8. The van der Waals surface area contributed by atoms with Crippen LogP contribution in [0.25, 0.3) is 10.9 Å². The quantitative estimate of drug-likeness (QED) is 0.879. The van der Waals surface area contributed by atoms with Gasteiger partial charge in [0.25, 0.3) is 0 Å². The second-order valence-corrected chi connectivity index (χ2v) is 5.21. The molecule has 0 aliphatic heterocycles. The fourth-order valence-corrected chi connectivity index (χ4v) is 2.16. The number of nitrogens with two attached hydrogens (primary N) is 1. The largest absolute Gasteiger partial charge is 0.377 e. The van der Waals surface area contributed by atoms with Gasteiger partial charge >= 0.3 is 0 Å². The van der Waals surface area contributed by atoms with Crippen LogP contribution >= 0.6 is 0 Å². The van der Waals surface area contributed by atoms with Gasteiger partial charge in [0.1, 0.15) is 5.82 Å². The molecule has 0 saturated carbocycles. The molecular formula is C16H23N3O. The van der Waals surface area contributed by atoms with E-state index in [4.69, 9.17) is 15.5 Å². The lowest BCUT2D eigenvalue weighted by molar-refractivity contribution is 0.0845. The molecule has 1 heterocycles. The van der Waals surface area contributed by atoms with Crippen molar-refractivity contribution in [1.29, 1.82) is 0 Å². The van der Waals surface area contributed by atoms with E-state index in [0.29, 0.717) is 13.2 Å². The minimum atomic E-state index is 0.252. The highest BCUT2D eigenvalue weighted by Crippen LogP contribution is 2.22. The Hall–Kier alpha value is -1.65. The van der Waals surface area contributed by atoms with Crippen LogP contribution in [0.15, 0.2) is 30.3 Å². The summed E-state index contributed by atoms with van der Waals surface area (Å²) in [6.45, 7) is 6.06. The highest BCUT2D eigenvalue weighted by atomic mass is 16.5. The van der Waals surface area contributed by atoms with Crippen molar-refractivity contribution in [2.75, 3.05) is 25.1 Å². The Morgan fingerprint density at radius 2 is 2.05 bits per heavy atom. The smallest absolute Gasteiger partial charge is 0.133 e. The first-order valence-corrected chi connectivity index (χ1v) is 7.03. The van der Waals surface area contributed by atoms with Crippen LogP contribution in [0.4, 0.5) is 5.82 Å². The lowest BCUT2D eigenvalue weighted by Gasteiger charge is -2.22. The van der Waals surface area contributed by atoms with Gasteiger partial charge in [0.15, 0.2) is 0 Å². The molecule has 2 N–H and O–H groups in total. The third-order valence-corrected chi connectivity index (χ3v) is 3.24. The van der Waals surface area contributed by atoms with Crippen molar-refractivity contribution in [1.82, 2.24) is 4.98 Å². The number of para-hydroxylation sites is 1. The molecule has 4 nitrogen and oxygen atoms in total. The molecule has 0 saturated heterocycles. The Bertz CT molecular complexity index is 569. The maximum Gasteiger partial charge on any atom is 0.133 e. The van der Waals surface area contributed by atoms with Crippen molar-refractivity contribution < 1.29 is 4.74 Å².